The number of aliphatic hydroxyl groups is 1. The monoisotopic (exact) mass is 312 g/mol. The zero-order valence-corrected chi connectivity index (χ0v) is 14.0. The molecule has 0 spiro atoms. The topological polar surface area (TPSA) is 62.2 Å². The van der Waals surface area contributed by atoms with E-state index in [0.717, 1.165) is 30.4 Å². The average Bonchev–Trinajstić information content (AvgIpc) is 2.51. The van der Waals surface area contributed by atoms with Gasteiger partial charge >= 0.3 is 0 Å². The van der Waals surface area contributed by atoms with Crippen LogP contribution in [0.3, 0.4) is 0 Å². The maximum atomic E-state index is 12.9. The fraction of sp³-hybridized carbons (Fsp3) is 0.579. The van der Waals surface area contributed by atoms with Crippen molar-refractivity contribution in [2.45, 2.75) is 57.1 Å². The molecule has 6 rings (SSSR count). The molecule has 4 bridgehead atoms. The van der Waals surface area contributed by atoms with E-state index in [1.165, 1.54) is 5.57 Å². The molecule has 23 heavy (non-hydrogen) atoms. The Balaban J connectivity index is 1.51. The Bertz CT molecular complexity index is 691. The molecule has 1 heterocycles. The largest absolute Gasteiger partial charge is 0.390 e. The van der Waals surface area contributed by atoms with E-state index in [4.69, 9.17) is 0 Å². The van der Waals surface area contributed by atoms with E-state index in [1.807, 2.05) is 26.8 Å². The van der Waals surface area contributed by atoms with Gasteiger partial charge in [-0.2, -0.15) is 0 Å². The van der Waals surface area contributed by atoms with Crippen molar-refractivity contribution in [1.29, 1.82) is 0 Å². The lowest BCUT2D eigenvalue weighted by molar-refractivity contribution is -0.132. The molecule has 4 atom stereocenters. The molecule has 2 unspecified atom stereocenters. The molecule has 122 valence electrons. The highest BCUT2D eigenvalue weighted by Gasteiger charge is 2.59. The number of pyridine rings is 1. The number of rotatable bonds is 3. The van der Waals surface area contributed by atoms with Gasteiger partial charge in [-0.05, 0) is 51.2 Å². The third kappa shape index (κ3) is 2.15. The molecular formula is C19H24N2O2. The molecule has 1 amide bonds. The van der Waals surface area contributed by atoms with Crippen molar-refractivity contribution in [3.05, 3.63) is 41.2 Å². The maximum Gasteiger partial charge on any atom is 0.230 e. The lowest BCUT2D eigenvalue weighted by atomic mass is 9.49. The first-order valence-corrected chi connectivity index (χ1v) is 8.46. The Labute approximate surface area is 137 Å². The van der Waals surface area contributed by atoms with E-state index in [1.54, 1.807) is 12.4 Å². The quantitative estimate of drug-likeness (QED) is 0.842. The minimum atomic E-state index is -0.604. The number of hydrogen-bond donors (Lipinski definition) is 2. The van der Waals surface area contributed by atoms with Gasteiger partial charge in [0.05, 0.1) is 11.0 Å². The molecule has 2 N–H and O–H groups in total. The van der Waals surface area contributed by atoms with Gasteiger partial charge in [0.15, 0.2) is 0 Å². The summed E-state index contributed by atoms with van der Waals surface area (Å²) in [7, 11) is 0. The van der Waals surface area contributed by atoms with E-state index in [2.05, 4.69) is 16.4 Å². The van der Waals surface area contributed by atoms with Crippen LogP contribution in [-0.2, 0) is 10.2 Å². The Morgan fingerprint density at radius 2 is 2.04 bits per heavy atom. The molecule has 1 aromatic rings. The molecule has 0 aromatic carbocycles. The number of amides is 1. The Kier molecular flexibility index (Phi) is 3.02. The summed E-state index contributed by atoms with van der Waals surface area (Å²) in [6, 6.07) is 2.22. The number of carbonyl (C=O) groups excluding carboxylic acids is 1. The second kappa shape index (κ2) is 4.67. The minimum Gasteiger partial charge on any atom is -0.390 e. The molecule has 4 heteroatoms. The normalized spacial score (nSPS) is 34.6. The zero-order valence-electron chi connectivity index (χ0n) is 14.0. The molecule has 5 aliphatic rings. The third-order valence-corrected chi connectivity index (χ3v) is 6.10. The van der Waals surface area contributed by atoms with Gasteiger partial charge in [-0.15, -0.1) is 0 Å². The number of nitrogens with one attached hydrogen (secondary N) is 1. The maximum absolute atomic E-state index is 12.9. The fourth-order valence-electron chi connectivity index (χ4n) is 4.58. The van der Waals surface area contributed by atoms with Crippen LogP contribution in [0.5, 0.6) is 0 Å². The summed E-state index contributed by atoms with van der Waals surface area (Å²) >= 11 is 0. The Morgan fingerprint density at radius 3 is 2.65 bits per heavy atom. The standard InChI is InChI=1S/C19H24N2O2/c1-11-6-12(10-20-9-11)18(2,3)17(22)21-16-14-7-19(23)5-4-13(14)15(16)8-19/h4,6,9-10,14-16,23H,5,7-8H2,1-3H3,(H,21,22)/t14-,15+,16?,19?. The molecule has 4 nitrogen and oxygen atoms in total. The molecule has 0 radical (unpaired) electrons. The highest BCUT2D eigenvalue weighted by atomic mass is 16.3. The lowest BCUT2D eigenvalue weighted by Crippen LogP contribution is -2.66. The summed E-state index contributed by atoms with van der Waals surface area (Å²) in [6.07, 6.45) is 8.16. The SMILES string of the molecule is Cc1cncc(C(C)(C)C(=O)NC2[C@@H]3CC4(O)CC=C3[C@@H]2C4)c1. The van der Waals surface area contributed by atoms with E-state index in [-0.39, 0.29) is 11.9 Å². The molecule has 0 saturated heterocycles. The molecule has 3 fully saturated rings. The van der Waals surface area contributed by atoms with Crippen LogP contribution in [0, 0.1) is 18.8 Å². The van der Waals surface area contributed by atoms with Gasteiger partial charge in [0.1, 0.15) is 0 Å². The van der Waals surface area contributed by atoms with Gasteiger partial charge in [-0.1, -0.05) is 17.7 Å². The van der Waals surface area contributed by atoms with E-state index in [9.17, 15) is 9.90 Å². The van der Waals surface area contributed by atoms with E-state index < -0.39 is 11.0 Å². The number of carbonyl (C=O) groups is 1. The summed E-state index contributed by atoms with van der Waals surface area (Å²) in [5.41, 5.74) is 2.34. The van der Waals surface area contributed by atoms with Crippen molar-refractivity contribution in [2.75, 3.05) is 0 Å². The smallest absolute Gasteiger partial charge is 0.230 e. The summed E-state index contributed by atoms with van der Waals surface area (Å²) in [4.78, 5) is 17.1. The van der Waals surface area contributed by atoms with Gasteiger partial charge in [0.25, 0.3) is 0 Å². The molecule has 3 saturated carbocycles. The van der Waals surface area contributed by atoms with Crippen molar-refractivity contribution in [2.24, 2.45) is 11.8 Å². The van der Waals surface area contributed by atoms with Gasteiger partial charge in [-0.25, -0.2) is 0 Å². The molecular weight excluding hydrogens is 288 g/mol. The number of aromatic nitrogens is 1. The Hall–Kier alpha value is -1.68. The number of hydrogen-bond acceptors (Lipinski definition) is 3. The van der Waals surface area contributed by atoms with Crippen LogP contribution in [0.2, 0.25) is 0 Å². The van der Waals surface area contributed by atoms with Gasteiger partial charge in [0.2, 0.25) is 5.91 Å². The van der Waals surface area contributed by atoms with Crippen molar-refractivity contribution >= 4 is 5.91 Å². The molecule has 1 aromatic heterocycles. The minimum absolute atomic E-state index is 0.0509. The summed E-state index contributed by atoms with van der Waals surface area (Å²) in [5, 5.41) is 13.7. The highest BCUT2D eigenvalue weighted by molar-refractivity contribution is 5.87. The van der Waals surface area contributed by atoms with Crippen LogP contribution < -0.4 is 5.32 Å². The second-order valence-corrected chi connectivity index (χ2v) is 8.13. The van der Waals surface area contributed by atoms with Crippen molar-refractivity contribution in [3.8, 4) is 0 Å². The molecule has 5 aliphatic carbocycles. The van der Waals surface area contributed by atoms with Gasteiger partial charge in [-0.3, -0.25) is 9.78 Å². The zero-order chi connectivity index (χ0) is 16.4. The first-order valence-electron chi connectivity index (χ1n) is 8.46. The van der Waals surface area contributed by atoms with Crippen molar-refractivity contribution in [1.82, 2.24) is 10.3 Å². The fourth-order valence-corrected chi connectivity index (χ4v) is 4.58. The van der Waals surface area contributed by atoms with Crippen LogP contribution in [0.15, 0.2) is 30.1 Å². The highest BCUT2D eigenvalue weighted by Crippen LogP contribution is 2.58. The van der Waals surface area contributed by atoms with E-state index >= 15 is 0 Å². The van der Waals surface area contributed by atoms with Crippen LogP contribution >= 0.6 is 0 Å². The summed E-state index contributed by atoms with van der Waals surface area (Å²) in [6.45, 7) is 5.89. The van der Waals surface area contributed by atoms with Gasteiger partial charge < -0.3 is 10.4 Å². The third-order valence-electron chi connectivity index (χ3n) is 6.10. The average molecular weight is 312 g/mol. The van der Waals surface area contributed by atoms with Crippen LogP contribution in [-0.4, -0.2) is 27.6 Å². The Morgan fingerprint density at radius 1 is 1.35 bits per heavy atom. The predicted octanol–water partition coefficient (Wildman–Crippen LogP) is 2.25. The number of fused-ring (bicyclic) bond motifs is 1. The molecule has 0 aliphatic heterocycles. The second-order valence-electron chi connectivity index (χ2n) is 8.13. The lowest BCUT2D eigenvalue weighted by Gasteiger charge is -2.60. The number of nitrogens with zero attached hydrogens (tertiary/aromatic N) is 1. The van der Waals surface area contributed by atoms with Gasteiger partial charge in [0, 0.05) is 30.3 Å². The summed E-state index contributed by atoms with van der Waals surface area (Å²) in [5.74, 6) is 0.723. The predicted molar refractivity (Wildman–Crippen MR) is 87.8 cm³/mol. The van der Waals surface area contributed by atoms with Crippen molar-refractivity contribution in [3.63, 3.8) is 0 Å². The van der Waals surface area contributed by atoms with Crippen LogP contribution in [0.1, 0.15) is 44.2 Å². The summed E-state index contributed by atoms with van der Waals surface area (Å²) < 4.78 is 0. The first-order chi connectivity index (χ1) is 10.8. The first kappa shape index (κ1) is 14.9. The van der Waals surface area contributed by atoms with Crippen LogP contribution in [0.4, 0.5) is 0 Å². The van der Waals surface area contributed by atoms with E-state index in [0.29, 0.717) is 11.8 Å². The van der Waals surface area contributed by atoms with Crippen molar-refractivity contribution < 1.29 is 9.90 Å². The number of aryl methyl sites for hydroxylation is 1. The van der Waals surface area contributed by atoms with Crippen LogP contribution in [0.25, 0.3) is 0 Å².